The third-order valence-electron chi connectivity index (χ3n) is 4.37. The molecule has 0 aliphatic rings. The lowest BCUT2D eigenvalue weighted by atomic mass is 10.2. The summed E-state index contributed by atoms with van der Waals surface area (Å²) in [6.45, 7) is 1.88. The number of nitriles is 1. The molecule has 4 aromatic rings. The lowest BCUT2D eigenvalue weighted by Gasteiger charge is -2.11. The number of ether oxygens (including phenoxy) is 1. The van der Waals surface area contributed by atoms with E-state index in [4.69, 9.17) is 10.00 Å². The maximum absolute atomic E-state index is 9.04. The Morgan fingerprint density at radius 3 is 2.82 bits per heavy atom. The highest BCUT2D eigenvalue weighted by atomic mass is 32.2. The smallest absolute Gasteiger partial charge is 0.153 e. The Bertz CT molecular complexity index is 1200. The van der Waals surface area contributed by atoms with Crippen LogP contribution in [0.5, 0.6) is 5.75 Å². The molecule has 0 aliphatic heterocycles. The molecular formula is C19H17N7OS. The van der Waals surface area contributed by atoms with Gasteiger partial charge in [0.15, 0.2) is 5.82 Å². The fourth-order valence-electron chi connectivity index (χ4n) is 2.89. The van der Waals surface area contributed by atoms with E-state index in [1.54, 1.807) is 24.2 Å². The monoisotopic (exact) mass is 391 g/mol. The number of fused-ring (bicyclic) bond motifs is 1. The maximum atomic E-state index is 9.04. The number of hydrogen-bond donors (Lipinski definition) is 1. The normalized spacial score (nSPS) is 10.8. The van der Waals surface area contributed by atoms with Crippen molar-refractivity contribution in [1.82, 2.24) is 24.5 Å². The van der Waals surface area contributed by atoms with Crippen LogP contribution in [0.2, 0.25) is 0 Å². The van der Waals surface area contributed by atoms with Gasteiger partial charge in [0.25, 0.3) is 0 Å². The second-order valence-corrected chi connectivity index (χ2v) is 7.02. The van der Waals surface area contributed by atoms with E-state index in [-0.39, 0.29) is 0 Å². The van der Waals surface area contributed by atoms with E-state index >= 15 is 0 Å². The first-order valence-corrected chi connectivity index (χ1v) is 9.25. The Labute approximate surface area is 165 Å². The number of methoxy groups -OCH3 is 1. The summed E-state index contributed by atoms with van der Waals surface area (Å²) in [7, 11) is 3.54. The third-order valence-corrected chi connectivity index (χ3v) is 5.12. The minimum absolute atomic E-state index is 0.559. The van der Waals surface area contributed by atoms with Gasteiger partial charge in [-0.2, -0.15) is 15.5 Å². The van der Waals surface area contributed by atoms with Crippen LogP contribution in [0, 0.1) is 18.3 Å². The summed E-state index contributed by atoms with van der Waals surface area (Å²) in [6, 6.07) is 7.86. The summed E-state index contributed by atoms with van der Waals surface area (Å²) >= 11 is 1.42. The molecule has 0 amide bonds. The molecule has 8 nitrogen and oxygen atoms in total. The van der Waals surface area contributed by atoms with Crippen LogP contribution in [0.25, 0.3) is 16.7 Å². The summed E-state index contributed by atoms with van der Waals surface area (Å²) in [5.74, 6) is 1.40. The third kappa shape index (κ3) is 3.14. The van der Waals surface area contributed by atoms with Crippen molar-refractivity contribution in [2.45, 2.75) is 11.8 Å². The Morgan fingerprint density at radius 2 is 2.07 bits per heavy atom. The maximum Gasteiger partial charge on any atom is 0.153 e. The fraction of sp³-hybridized carbons (Fsp3) is 0.158. The van der Waals surface area contributed by atoms with Gasteiger partial charge < -0.3 is 9.46 Å². The number of nitrogens with one attached hydrogen (secondary N) is 1. The van der Waals surface area contributed by atoms with Crippen molar-refractivity contribution in [3.05, 3.63) is 54.1 Å². The summed E-state index contributed by atoms with van der Waals surface area (Å²) < 4.78 is 12.4. The predicted octanol–water partition coefficient (Wildman–Crippen LogP) is 3.46. The van der Waals surface area contributed by atoms with E-state index in [1.165, 1.54) is 11.9 Å². The zero-order chi connectivity index (χ0) is 19.7. The van der Waals surface area contributed by atoms with Crippen LogP contribution in [0.3, 0.4) is 0 Å². The zero-order valence-corrected chi connectivity index (χ0v) is 16.4. The quantitative estimate of drug-likeness (QED) is 0.521. The van der Waals surface area contributed by atoms with Crippen molar-refractivity contribution >= 4 is 28.5 Å². The van der Waals surface area contributed by atoms with Gasteiger partial charge in [-0.1, -0.05) is 0 Å². The molecule has 0 radical (unpaired) electrons. The van der Waals surface area contributed by atoms with Gasteiger partial charge >= 0.3 is 0 Å². The van der Waals surface area contributed by atoms with E-state index in [0.29, 0.717) is 11.4 Å². The first-order valence-electron chi connectivity index (χ1n) is 8.44. The number of anilines is 1. The van der Waals surface area contributed by atoms with E-state index in [2.05, 4.69) is 26.0 Å². The van der Waals surface area contributed by atoms with Gasteiger partial charge in [0.1, 0.15) is 17.5 Å². The second kappa shape index (κ2) is 7.25. The van der Waals surface area contributed by atoms with E-state index < -0.39 is 0 Å². The number of aryl methyl sites for hydroxylation is 2. The Balaban J connectivity index is 1.59. The molecule has 9 heteroatoms. The van der Waals surface area contributed by atoms with Gasteiger partial charge in [0.2, 0.25) is 0 Å². The number of benzene rings is 1. The van der Waals surface area contributed by atoms with E-state index in [9.17, 15) is 0 Å². The lowest BCUT2D eigenvalue weighted by Crippen LogP contribution is -1.99. The molecule has 0 fully saturated rings. The fourth-order valence-corrected chi connectivity index (χ4v) is 3.56. The topological polar surface area (TPSA) is 93.6 Å². The largest absolute Gasteiger partial charge is 0.494 e. The standard InChI is InChI=1S/C19H17N7OS/c1-12-6-17(21-8-14(12)7-20)26-11-15(10-23-26)28-24-18-16(27-3)5-4-13-9-22-25(2)19(13)18/h4-6,8-11,24H,1-3H3. The number of pyridine rings is 1. The molecule has 140 valence electrons. The minimum Gasteiger partial charge on any atom is -0.494 e. The van der Waals surface area contributed by atoms with Gasteiger partial charge in [-0.25, -0.2) is 9.67 Å². The van der Waals surface area contributed by atoms with Crippen molar-refractivity contribution < 1.29 is 4.74 Å². The number of aromatic nitrogens is 5. The van der Waals surface area contributed by atoms with Crippen molar-refractivity contribution in [2.24, 2.45) is 7.05 Å². The van der Waals surface area contributed by atoms with Crippen molar-refractivity contribution in [2.75, 3.05) is 11.8 Å². The van der Waals surface area contributed by atoms with Gasteiger partial charge in [-0.3, -0.25) is 4.68 Å². The highest BCUT2D eigenvalue weighted by Gasteiger charge is 2.13. The molecule has 0 saturated carbocycles. The van der Waals surface area contributed by atoms with Crippen LogP contribution in [0.1, 0.15) is 11.1 Å². The van der Waals surface area contributed by atoms with Crippen LogP contribution in [-0.2, 0) is 7.05 Å². The zero-order valence-electron chi connectivity index (χ0n) is 15.5. The van der Waals surface area contributed by atoms with Crippen LogP contribution in [0.15, 0.2) is 47.9 Å². The Kier molecular flexibility index (Phi) is 4.63. The molecule has 3 aromatic heterocycles. The minimum atomic E-state index is 0.559. The van der Waals surface area contributed by atoms with Crippen LogP contribution in [-0.4, -0.2) is 31.7 Å². The molecule has 0 spiro atoms. The summed E-state index contributed by atoms with van der Waals surface area (Å²) in [5, 5.41) is 18.8. The SMILES string of the molecule is COc1ccc2cnn(C)c2c1NSc1cnn(-c2cc(C)c(C#N)cn2)c1. The van der Waals surface area contributed by atoms with E-state index in [1.807, 2.05) is 49.2 Å². The molecule has 0 aliphatic carbocycles. The van der Waals surface area contributed by atoms with Gasteiger partial charge in [0.05, 0.1) is 35.5 Å². The Hall–Kier alpha value is -3.51. The molecule has 1 aromatic carbocycles. The van der Waals surface area contributed by atoms with Gasteiger partial charge in [-0.05, 0) is 42.6 Å². The molecule has 0 saturated heterocycles. The number of hydrogen-bond acceptors (Lipinski definition) is 7. The summed E-state index contributed by atoms with van der Waals surface area (Å²) in [4.78, 5) is 5.21. The summed E-state index contributed by atoms with van der Waals surface area (Å²) in [6.07, 6.45) is 7.01. The molecule has 0 unspecified atom stereocenters. The first kappa shape index (κ1) is 17.9. The lowest BCUT2D eigenvalue weighted by molar-refractivity contribution is 0.417. The van der Waals surface area contributed by atoms with Gasteiger partial charge in [0, 0.05) is 24.8 Å². The molecule has 0 bridgehead atoms. The Morgan fingerprint density at radius 1 is 1.21 bits per heavy atom. The van der Waals surface area contributed by atoms with Crippen molar-refractivity contribution in [3.63, 3.8) is 0 Å². The highest BCUT2D eigenvalue weighted by molar-refractivity contribution is 8.00. The molecular weight excluding hydrogens is 374 g/mol. The van der Waals surface area contributed by atoms with Crippen LogP contribution < -0.4 is 9.46 Å². The molecule has 28 heavy (non-hydrogen) atoms. The molecule has 4 rings (SSSR count). The first-order chi connectivity index (χ1) is 13.6. The van der Waals surface area contributed by atoms with Crippen molar-refractivity contribution in [1.29, 1.82) is 5.26 Å². The molecule has 1 N–H and O–H groups in total. The molecule has 0 atom stereocenters. The highest BCUT2D eigenvalue weighted by Crippen LogP contribution is 2.36. The van der Waals surface area contributed by atoms with E-state index in [0.717, 1.165) is 32.8 Å². The van der Waals surface area contributed by atoms with Crippen LogP contribution in [0.4, 0.5) is 5.69 Å². The average molecular weight is 391 g/mol. The van der Waals surface area contributed by atoms with Gasteiger partial charge in [-0.15, -0.1) is 0 Å². The number of rotatable bonds is 5. The average Bonchev–Trinajstić information content (AvgIpc) is 3.33. The van der Waals surface area contributed by atoms with Crippen molar-refractivity contribution in [3.8, 4) is 17.6 Å². The molecule has 3 heterocycles. The summed E-state index contributed by atoms with van der Waals surface area (Å²) in [5.41, 5.74) is 3.24. The van der Waals surface area contributed by atoms with Crippen LogP contribution >= 0.6 is 11.9 Å². The number of nitrogens with zero attached hydrogens (tertiary/aromatic N) is 6. The predicted molar refractivity (Wildman–Crippen MR) is 108 cm³/mol. The second-order valence-electron chi connectivity index (χ2n) is 6.14.